The van der Waals surface area contributed by atoms with Gasteiger partial charge < -0.3 is 15.0 Å². The van der Waals surface area contributed by atoms with E-state index in [1.807, 2.05) is 12.1 Å². The summed E-state index contributed by atoms with van der Waals surface area (Å²) in [6, 6.07) is 14.3. The number of carbonyl (C=O) groups is 1. The zero-order valence-electron chi connectivity index (χ0n) is 14.4. The largest absolute Gasteiger partial charge is 0.497 e. The molecule has 1 aliphatic heterocycles. The van der Waals surface area contributed by atoms with E-state index in [1.165, 1.54) is 17.8 Å². The summed E-state index contributed by atoms with van der Waals surface area (Å²) < 4.78 is 18.1. The second-order valence-electron chi connectivity index (χ2n) is 6.33. The molecule has 25 heavy (non-hydrogen) atoms. The molecule has 0 radical (unpaired) electrons. The first-order valence-electron chi connectivity index (χ1n) is 8.57. The van der Waals surface area contributed by atoms with Gasteiger partial charge in [-0.05, 0) is 54.8 Å². The number of piperidine rings is 1. The minimum Gasteiger partial charge on any atom is -0.497 e. The first-order chi connectivity index (χ1) is 12.1. The Hall–Kier alpha value is -2.56. The van der Waals surface area contributed by atoms with E-state index < -0.39 is 0 Å². The molecule has 2 aromatic carbocycles. The van der Waals surface area contributed by atoms with Crippen molar-refractivity contribution in [2.75, 3.05) is 25.1 Å². The number of halogens is 1. The normalized spacial score (nSPS) is 15.0. The fourth-order valence-electron chi connectivity index (χ4n) is 3.14. The van der Waals surface area contributed by atoms with Crippen molar-refractivity contribution in [3.63, 3.8) is 0 Å². The van der Waals surface area contributed by atoms with Crippen LogP contribution in [-0.2, 0) is 11.2 Å². The van der Waals surface area contributed by atoms with Gasteiger partial charge in [-0.15, -0.1) is 0 Å². The summed E-state index contributed by atoms with van der Waals surface area (Å²) in [4.78, 5) is 14.5. The maximum absolute atomic E-state index is 12.9. The Bertz CT molecular complexity index is 693. The van der Waals surface area contributed by atoms with E-state index in [0.717, 1.165) is 37.2 Å². The van der Waals surface area contributed by atoms with Gasteiger partial charge in [-0.3, -0.25) is 4.79 Å². The predicted octanol–water partition coefficient (Wildman–Crippen LogP) is 3.16. The third kappa shape index (κ3) is 4.72. The van der Waals surface area contributed by atoms with Crippen molar-refractivity contribution in [1.29, 1.82) is 0 Å². The molecule has 0 saturated carbocycles. The third-order valence-electron chi connectivity index (χ3n) is 4.58. The Morgan fingerprint density at radius 1 is 1.12 bits per heavy atom. The maximum atomic E-state index is 12.9. The lowest BCUT2D eigenvalue weighted by molar-refractivity contribution is -0.121. The van der Waals surface area contributed by atoms with Crippen LogP contribution in [0.2, 0.25) is 0 Å². The van der Waals surface area contributed by atoms with E-state index in [4.69, 9.17) is 4.74 Å². The van der Waals surface area contributed by atoms with Crippen LogP contribution in [0.5, 0.6) is 5.75 Å². The minimum atomic E-state index is -0.282. The van der Waals surface area contributed by atoms with Crippen molar-refractivity contribution in [1.82, 2.24) is 5.32 Å². The number of carbonyl (C=O) groups excluding carboxylic acids is 1. The molecule has 0 atom stereocenters. The highest BCUT2D eigenvalue weighted by molar-refractivity contribution is 5.78. The van der Waals surface area contributed by atoms with Crippen LogP contribution in [-0.4, -0.2) is 32.1 Å². The van der Waals surface area contributed by atoms with Gasteiger partial charge in [0.2, 0.25) is 5.91 Å². The molecule has 1 amide bonds. The second kappa shape index (κ2) is 8.01. The lowest BCUT2D eigenvalue weighted by Crippen LogP contribution is -2.45. The molecule has 1 heterocycles. The smallest absolute Gasteiger partial charge is 0.224 e. The quantitative estimate of drug-likeness (QED) is 0.907. The van der Waals surface area contributed by atoms with E-state index in [1.54, 1.807) is 19.2 Å². The SMILES string of the molecule is COc1ccc(N2CCC(NC(=O)Cc3ccc(F)cc3)CC2)cc1. The molecule has 2 aromatic rings. The van der Waals surface area contributed by atoms with Crippen LogP contribution in [0, 0.1) is 5.82 Å². The van der Waals surface area contributed by atoms with Gasteiger partial charge in [-0.2, -0.15) is 0 Å². The number of benzene rings is 2. The van der Waals surface area contributed by atoms with E-state index in [2.05, 4.69) is 22.3 Å². The summed E-state index contributed by atoms with van der Waals surface area (Å²) in [7, 11) is 1.66. The Labute approximate surface area is 147 Å². The fourth-order valence-corrected chi connectivity index (χ4v) is 3.14. The molecule has 4 nitrogen and oxygen atoms in total. The molecule has 132 valence electrons. The van der Waals surface area contributed by atoms with Crippen LogP contribution in [0.15, 0.2) is 48.5 Å². The average Bonchev–Trinajstić information content (AvgIpc) is 2.64. The topological polar surface area (TPSA) is 41.6 Å². The van der Waals surface area contributed by atoms with Gasteiger partial charge in [0.15, 0.2) is 0 Å². The van der Waals surface area contributed by atoms with E-state index in [-0.39, 0.29) is 17.8 Å². The zero-order chi connectivity index (χ0) is 17.6. The molecule has 1 saturated heterocycles. The van der Waals surface area contributed by atoms with Crippen molar-refractivity contribution in [3.8, 4) is 5.75 Å². The van der Waals surface area contributed by atoms with Crippen molar-refractivity contribution < 1.29 is 13.9 Å². The Morgan fingerprint density at radius 3 is 2.36 bits per heavy atom. The molecule has 1 N–H and O–H groups in total. The highest BCUT2D eigenvalue weighted by Crippen LogP contribution is 2.22. The average molecular weight is 342 g/mol. The van der Waals surface area contributed by atoms with Crippen LogP contribution in [0.1, 0.15) is 18.4 Å². The number of nitrogens with zero attached hydrogens (tertiary/aromatic N) is 1. The number of methoxy groups -OCH3 is 1. The molecule has 0 bridgehead atoms. The number of rotatable bonds is 5. The van der Waals surface area contributed by atoms with Crippen LogP contribution in [0.3, 0.4) is 0 Å². The summed E-state index contributed by atoms with van der Waals surface area (Å²) in [6.45, 7) is 1.82. The second-order valence-corrected chi connectivity index (χ2v) is 6.33. The van der Waals surface area contributed by atoms with Gasteiger partial charge in [0.1, 0.15) is 11.6 Å². The first kappa shape index (κ1) is 17.3. The fraction of sp³-hybridized carbons (Fsp3) is 0.350. The molecule has 0 aliphatic carbocycles. The molecule has 1 fully saturated rings. The van der Waals surface area contributed by atoms with Crippen molar-refractivity contribution in [2.45, 2.75) is 25.3 Å². The Kier molecular flexibility index (Phi) is 5.53. The van der Waals surface area contributed by atoms with Crippen LogP contribution < -0.4 is 15.0 Å². The molecule has 0 unspecified atom stereocenters. The number of amides is 1. The van der Waals surface area contributed by atoms with Gasteiger partial charge >= 0.3 is 0 Å². The Morgan fingerprint density at radius 2 is 1.76 bits per heavy atom. The van der Waals surface area contributed by atoms with Gasteiger partial charge in [-0.25, -0.2) is 4.39 Å². The lowest BCUT2D eigenvalue weighted by Gasteiger charge is -2.34. The first-order valence-corrected chi connectivity index (χ1v) is 8.57. The summed E-state index contributed by atoms with van der Waals surface area (Å²) >= 11 is 0. The monoisotopic (exact) mass is 342 g/mol. The minimum absolute atomic E-state index is 0.00509. The summed E-state index contributed by atoms with van der Waals surface area (Å²) in [5.74, 6) is 0.566. The molecule has 0 aromatic heterocycles. The van der Waals surface area contributed by atoms with Gasteiger partial charge in [-0.1, -0.05) is 12.1 Å². The zero-order valence-corrected chi connectivity index (χ0v) is 14.4. The van der Waals surface area contributed by atoms with Crippen molar-refractivity contribution in [2.24, 2.45) is 0 Å². The third-order valence-corrected chi connectivity index (χ3v) is 4.58. The number of hydrogen-bond acceptors (Lipinski definition) is 3. The van der Waals surface area contributed by atoms with E-state index in [9.17, 15) is 9.18 Å². The summed E-state index contributed by atoms with van der Waals surface area (Å²) in [5, 5.41) is 3.09. The lowest BCUT2D eigenvalue weighted by atomic mass is 10.0. The van der Waals surface area contributed by atoms with Gasteiger partial charge in [0.25, 0.3) is 0 Å². The number of nitrogens with one attached hydrogen (secondary N) is 1. The molecule has 3 rings (SSSR count). The molecular formula is C20H23FN2O2. The van der Waals surface area contributed by atoms with Crippen LogP contribution in [0.4, 0.5) is 10.1 Å². The molecular weight excluding hydrogens is 319 g/mol. The van der Waals surface area contributed by atoms with Gasteiger partial charge in [0.05, 0.1) is 13.5 Å². The molecule has 0 spiro atoms. The molecule has 1 aliphatic rings. The van der Waals surface area contributed by atoms with Crippen molar-refractivity contribution in [3.05, 3.63) is 59.9 Å². The van der Waals surface area contributed by atoms with Gasteiger partial charge in [0, 0.05) is 24.8 Å². The number of hydrogen-bond donors (Lipinski definition) is 1. The molecule has 5 heteroatoms. The maximum Gasteiger partial charge on any atom is 0.224 e. The Balaban J connectivity index is 1.46. The van der Waals surface area contributed by atoms with Crippen LogP contribution >= 0.6 is 0 Å². The number of ether oxygens (including phenoxy) is 1. The standard InChI is InChI=1S/C20H23FN2O2/c1-25-19-8-6-18(7-9-19)23-12-10-17(11-13-23)22-20(24)14-15-2-4-16(21)5-3-15/h2-9,17H,10-14H2,1H3,(H,22,24). The number of anilines is 1. The van der Waals surface area contributed by atoms with Crippen LogP contribution in [0.25, 0.3) is 0 Å². The highest BCUT2D eigenvalue weighted by atomic mass is 19.1. The highest BCUT2D eigenvalue weighted by Gasteiger charge is 2.21. The van der Waals surface area contributed by atoms with Crippen molar-refractivity contribution >= 4 is 11.6 Å². The summed E-state index contributed by atoms with van der Waals surface area (Å²) in [5.41, 5.74) is 2.01. The summed E-state index contributed by atoms with van der Waals surface area (Å²) in [6.07, 6.45) is 2.13. The predicted molar refractivity (Wildman–Crippen MR) is 96.5 cm³/mol. The van der Waals surface area contributed by atoms with E-state index >= 15 is 0 Å². The van der Waals surface area contributed by atoms with E-state index in [0.29, 0.717) is 6.42 Å².